The van der Waals surface area contributed by atoms with Crippen molar-refractivity contribution in [1.82, 2.24) is 9.97 Å². The second-order valence-corrected chi connectivity index (χ2v) is 5.23. The first-order valence-corrected chi connectivity index (χ1v) is 6.64. The molecule has 0 fully saturated rings. The predicted molar refractivity (Wildman–Crippen MR) is 70.3 cm³/mol. The number of aromatic nitrogens is 2. The van der Waals surface area contributed by atoms with E-state index in [1.807, 2.05) is 0 Å². The van der Waals surface area contributed by atoms with E-state index in [2.05, 4.69) is 66.1 Å². The molecule has 1 heterocycles. The van der Waals surface area contributed by atoms with Crippen LogP contribution >= 0.6 is 31.9 Å². The van der Waals surface area contributed by atoms with Gasteiger partial charge in [0.2, 0.25) is 0 Å². The second kappa shape index (κ2) is 3.93. The summed E-state index contributed by atoms with van der Waals surface area (Å²) in [5.74, 6) is 0. The fourth-order valence-corrected chi connectivity index (χ4v) is 3.25. The number of hydrogen-bond donors (Lipinski definition) is 0. The number of rotatable bonds is 0. The van der Waals surface area contributed by atoms with E-state index in [1.54, 1.807) is 0 Å². The molecular formula is C12H8Br2N2. The summed E-state index contributed by atoms with van der Waals surface area (Å²) in [6.45, 7) is 0. The van der Waals surface area contributed by atoms with Crippen molar-refractivity contribution in [3.05, 3.63) is 44.7 Å². The summed E-state index contributed by atoms with van der Waals surface area (Å²) in [5, 5.41) is 0. The lowest BCUT2D eigenvalue weighted by atomic mass is 9.90. The highest BCUT2D eigenvalue weighted by Crippen LogP contribution is 2.35. The van der Waals surface area contributed by atoms with Gasteiger partial charge in [-0.3, -0.25) is 0 Å². The number of aryl methyl sites for hydroxylation is 1. The van der Waals surface area contributed by atoms with Gasteiger partial charge in [0.15, 0.2) is 4.73 Å². The van der Waals surface area contributed by atoms with E-state index in [9.17, 15) is 0 Å². The average molecular weight is 340 g/mol. The normalized spacial score (nSPS) is 13.1. The van der Waals surface area contributed by atoms with Crippen LogP contribution in [0.1, 0.15) is 11.1 Å². The Kier molecular flexibility index (Phi) is 2.56. The van der Waals surface area contributed by atoms with Crippen LogP contribution in [0.3, 0.4) is 0 Å². The van der Waals surface area contributed by atoms with Gasteiger partial charge >= 0.3 is 0 Å². The lowest BCUT2D eigenvalue weighted by Gasteiger charge is -2.19. The lowest BCUT2D eigenvalue weighted by Crippen LogP contribution is -2.08. The minimum Gasteiger partial charge on any atom is -0.222 e. The zero-order valence-corrected chi connectivity index (χ0v) is 11.5. The van der Waals surface area contributed by atoms with Crippen LogP contribution in [-0.4, -0.2) is 9.97 Å². The molecule has 3 rings (SSSR count). The Morgan fingerprint density at radius 3 is 2.69 bits per heavy atom. The molecule has 0 atom stereocenters. The SMILES string of the molecule is Brc1nc(Br)c2c(n1)-c1ccccc1CC2. The number of nitrogens with zero attached hydrogens (tertiary/aromatic N) is 2. The van der Waals surface area contributed by atoms with Crippen molar-refractivity contribution in [2.24, 2.45) is 0 Å². The molecule has 0 bridgehead atoms. The van der Waals surface area contributed by atoms with Gasteiger partial charge in [0, 0.05) is 11.1 Å². The molecule has 2 aromatic rings. The van der Waals surface area contributed by atoms with Crippen LogP contribution in [0.4, 0.5) is 0 Å². The Balaban J connectivity index is 2.31. The number of benzene rings is 1. The van der Waals surface area contributed by atoms with Crippen molar-refractivity contribution in [3.63, 3.8) is 0 Å². The average Bonchev–Trinajstić information content (AvgIpc) is 2.28. The summed E-state index contributed by atoms with van der Waals surface area (Å²) < 4.78 is 1.54. The van der Waals surface area contributed by atoms with Crippen molar-refractivity contribution in [1.29, 1.82) is 0 Å². The third-order valence-electron chi connectivity index (χ3n) is 2.85. The van der Waals surface area contributed by atoms with Crippen LogP contribution in [0.15, 0.2) is 33.6 Å². The molecule has 0 saturated heterocycles. The van der Waals surface area contributed by atoms with Gasteiger partial charge in [-0.2, -0.15) is 0 Å². The molecule has 0 N–H and O–H groups in total. The van der Waals surface area contributed by atoms with E-state index >= 15 is 0 Å². The molecule has 0 aliphatic heterocycles. The van der Waals surface area contributed by atoms with Gasteiger partial charge < -0.3 is 0 Å². The maximum atomic E-state index is 4.49. The van der Waals surface area contributed by atoms with Crippen molar-refractivity contribution >= 4 is 31.9 Å². The van der Waals surface area contributed by atoms with Crippen LogP contribution in [0, 0.1) is 0 Å². The van der Waals surface area contributed by atoms with Crippen molar-refractivity contribution in [2.75, 3.05) is 0 Å². The van der Waals surface area contributed by atoms with Crippen LogP contribution in [0.25, 0.3) is 11.3 Å². The molecule has 0 amide bonds. The smallest absolute Gasteiger partial charge is 0.198 e. The Morgan fingerprint density at radius 1 is 1.00 bits per heavy atom. The molecule has 16 heavy (non-hydrogen) atoms. The van der Waals surface area contributed by atoms with Crippen molar-refractivity contribution < 1.29 is 0 Å². The van der Waals surface area contributed by atoms with Gasteiger partial charge in [0.25, 0.3) is 0 Å². The van der Waals surface area contributed by atoms with Crippen LogP contribution in [0.5, 0.6) is 0 Å². The quantitative estimate of drug-likeness (QED) is 0.539. The molecule has 0 unspecified atom stereocenters. The summed E-state index contributed by atoms with van der Waals surface area (Å²) >= 11 is 6.84. The minimum atomic E-state index is 0.634. The number of hydrogen-bond acceptors (Lipinski definition) is 2. The molecule has 4 heteroatoms. The zero-order chi connectivity index (χ0) is 11.1. The number of halogens is 2. The first-order chi connectivity index (χ1) is 7.75. The monoisotopic (exact) mass is 338 g/mol. The maximum absolute atomic E-state index is 4.49. The highest BCUT2D eigenvalue weighted by Gasteiger charge is 2.20. The molecule has 80 valence electrons. The van der Waals surface area contributed by atoms with Crippen LogP contribution in [-0.2, 0) is 12.8 Å². The second-order valence-electron chi connectivity index (χ2n) is 3.77. The molecule has 1 aromatic carbocycles. The fourth-order valence-electron chi connectivity index (χ4n) is 2.10. The van der Waals surface area contributed by atoms with Gasteiger partial charge in [-0.05, 0) is 50.3 Å². The van der Waals surface area contributed by atoms with E-state index < -0.39 is 0 Å². The standard InChI is InChI=1S/C12H8Br2N2/c13-11-9-6-5-7-3-1-2-4-8(7)10(9)15-12(14)16-11/h1-4H,5-6H2. The molecule has 0 saturated carbocycles. The topological polar surface area (TPSA) is 25.8 Å². The van der Waals surface area contributed by atoms with E-state index in [1.165, 1.54) is 16.7 Å². The van der Waals surface area contributed by atoms with E-state index in [4.69, 9.17) is 0 Å². The van der Waals surface area contributed by atoms with Crippen LogP contribution < -0.4 is 0 Å². The molecule has 0 spiro atoms. The van der Waals surface area contributed by atoms with Crippen molar-refractivity contribution in [3.8, 4) is 11.3 Å². The zero-order valence-electron chi connectivity index (χ0n) is 8.37. The van der Waals surface area contributed by atoms with E-state index in [-0.39, 0.29) is 0 Å². The molecule has 0 radical (unpaired) electrons. The first-order valence-electron chi connectivity index (χ1n) is 5.06. The molecule has 1 aliphatic carbocycles. The van der Waals surface area contributed by atoms with Crippen LogP contribution in [0.2, 0.25) is 0 Å². The van der Waals surface area contributed by atoms with Gasteiger partial charge in [-0.25, -0.2) is 9.97 Å². The summed E-state index contributed by atoms with van der Waals surface area (Å²) in [6.07, 6.45) is 2.06. The summed E-state index contributed by atoms with van der Waals surface area (Å²) in [5.41, 5.74) is 4.86. The summed E-state index contributed by atoms with van der Waals surface area (Å²) in [6, 6.07) is 8.42. The third kappa shape index (κ3) is 1.60. The largest absolute Gasteiger partial charge is 0.222 e. The van der Waals surface area contributed by atoms with Gasteiger partial charge in [0.1, 0.15) is 4.60 Å². The van der Waals surface area contributed by atoms with E-state index in [0.29, 0.717) is 4.73 Å². The van der Waals surface area contributed by atoms with E-state index in [0.717, 1.165) is 23.1 Å². The summed E-state index contributed by atoms with van der Waals surface area (Å²) in [4.78, 5) is 8.77. The van der Waals surface area contributed by atoms with Gasteiger partial charge in [-0.15, -0.1) is 0 Å². The highest BCUT2D eigenvalue weighted by molar-refractivity contribution is 9.11. The Morgan fingerprint density at radius 2 is 1.81 bits per heavy atom. The predicted octanol–water partition coefficient (Wildman–Crippen LogP) is 3.77. The number of fused-ring (bicyclic) bond motifs is 3. The third-order valence-corrected chi connectivity index (χ3v) is 3.86. The Bertz CT molecular complexity index is 567. The molecular weight excluding hydrogens is 332 g/mol. The molecule has 1 aliphatic rings. The Labute approximate surface area is 110 Å². The molecule has 2 nitrogen and oxygen atoms in total. The van der Waals surface area contributed by atoms with Gasteiger partial charge in [-0.1, -0.05) is 24.3 Å². The van der Waals surface area contributed by atoms with Crippen molar-refractivity contribution in [2.45, 2.75) is 12.8 Å². The minimum absolute atomic E-state index is 0.634. The first kappa shape index (κ1) is 10.4. The Hall–Kier alpha value is -0.740. The fraction of sp³-hybridized carbons (Fsp3) is 0.167. The maximum Gasteiger partial charge on any atom is 0.198 e. The summed E-state index contributed by atoms with van der Waals surface area (Å²) in [7, 11) is 0. The highest BCUT2D eigenvalue weighted by atomic mass is 79.9. The van der Waals surface area contributed by atoms with Gasteiger partial charge in [0.05, 0.1) is 5.69 Å². The molecule has 1 aromatic heterocycles. The lowest BCUT2D eigenvalue weighted by molar-refractivity contribution is 0.891.